The zero-order chi connectivity index (χ0) is 25.2. The van der Waals surface area contributed by atoms with Gasteiger partial charge in [-0.3, -0.25) is 4.79 Å². The highest BCUT2D eigenvalue weighted by Crippen LogP contribution is 2.37. The highest BCUT2D eigenvalue weighted by molar-refractivity contribution is 5.97. The normalized spacial score (nSPS) is 16.5. The monoisotopic (exact) mass is 485 g/mol. The lowest BCUT2D eigenvalue weighted by Crippen LogP contribution is -2.27. The van der Waals surface area contributed by atoms with Gasteiger partial charge in [0.05, 0.1) is 30.4 Å². The third kappa shape index (κ3) is 4.54. The maximum atomic E-state index is 13.1. The van der Waals surface area contributed by atoms with Gasteiger partial charge in [0.1, 0.15) is 30.0 Å². The number of benzene rings is 3. The van der Waals surface area contributed by atoms with Crippen LogP contribution in [0.3, 0.4) is 0 Å². The van der Waals surface area contributed by atoms with Crippen molar-refractivity contribution < 1.29 is 19.4 Å². The summed E-state index contributed by atoms with van der Waals surface area (Å²) in [6.45, 7) is 4.98. The standard InChI is InChI=1S/C29H31N3O4/c1-19-9-8-10-20(2)28(19)36-18-22(33)17-32-24-12-5-4-11-23(24)30-29(32)21-15-27(34)31(16-21)25-13-6-7-14-26(25)35-3/h4-14,21-22,33H,15-18H2,1-3H3/t21-,22+/m0/s1. The molecule has 0 bridgehead atoms. The van der Waals surface area contributed by atoms with Crippen LogP contribution in [0.25, 0.3) is 11.0 Å². The maximum Gasteiger partial charge on any atom is 0.227 e. The third-order valence-corrected chi connectivity index (χ3v) is 6.77. The van der Waals surface area contributed by atoms with E-state index in [0.29, 0.717) is 25.3 Å². The van der Waals surface area contributed by atoms with Gasteiger partial charge in [-0.2, -0.15) is 0 Å². The van der Waals surface area contributed by atoms with E-state index < -0.39 is 6.10 Å². The van der Waals surface area contributed by atoms with Crippen LogP contribution in [0, 0.1) is 13.8 Å². The second kappa shape index (κ2) is 10.0. The van der Waals surface area contributed by atoms with Crippen molar-refractivity contribution in [3.63, 3.8) is 0 Å². The highest BCUT2D eigenvalue weighted by Gasteiger charge is 2.36. The first-order chi connectivity index (χ1) is 17.5. The minimum atomic E-state index is -0.747. The number of hydrogen-bond donors (Lipinski definition) is 1. The van der Waals surface area contributed by atoms with Crippen molar-refractivity contribution in [1.29, 1.82) is 0 Å². The van der Waals surface area contributed by atoms with E-state index in [-0.39, 0.29) is 18.4 Å². The molecule has 36 heavy (non-hydrogen) atoms. The van der Waals surface area contributed by atoms with Gasteiger partial charge in [-0.15, -0.1) is 0 Å². The van der Waals surface area contributed by atoms with Crippen LogP contribution in [0.15, 0.2) is 66.7 Å². The molecule has 0 saturated carbocycles. The van der Waals surface area contributed by atoms with Crippen LogP contribution >= 0.6 is 0 Å². The molecule has 7 nitrogen and oxygen atoms in total. The fourth-order valence-corrected chi connectivity index (χ4v) is 5.03. The number of carbonyl (C=O) groups is 1. The third-order valence-electron chi connectivity index (χ3n) is 6.77. The number of aliphatic hydroxyl groups excluding tert-OH is 1. The topological polar surface area (TPSA) is 76.8 Å². The van der Waals surface area contributed by atoms with Gasteiger partial charge in [0.25, 0.3) is 0 Å². The number of carbonyl (C=O) groups excluding carboxylic acids is 1. The van der Waals surface area contributed by atoms with E-state index in [9.17, 15) is 9.90 Å². The van der Waals surface area contributed by atoms with Crippen LogP contribution in [-0.2, 0) is 11.3 Å². The predicted octanol–water partition coefficient (Wildman–Crippen LogP) is 4.62. The minimum absolute atomic E-state index is 0.0296. The number of fused-ring (bicyclic) bond motifs is 1. The number of aromatic nitrogens is 2. The van der Waals surface area contributed by atoms with E-state index in [1.54, 1.807) is 12.0 Å². The highest BCUT2D eigenvalue weighted by atomic mass is 16.5. The number of anilines is 1. The smallest absolute Gasteiger partial charge is 0.227 e. The lowest BCUT2D eigenvalue weighted by atomic mass is 10.1. The summed E-state index contributed by atoms with van der Waals surface area (Å²) in [6.07, 6.45) is -0.404. The Kier molecular flexibility index (Phi) is 6.65. The van der Waals surface area contributed by atoms with Crippen molar-refractivity contribution in [1.82, 2.24) is 9.55 Å². The second-order valence-corrected chi connectivity index (χ2v) is 9.33. The number of hydrogen-bond acceptors (Lipinski definition) is 5. The van der Waals surface area contributed by atoms with Crippen LogP contribution in [0.2, 0.25) is 0 Å². The average molecular weight is 486 g/mol. The molecule has 2 atom stereocenters. The quantitative estimate of drug-likeness (QED) is 0.394. The number of amides is 1. The molecule has 1 aliphatic rings. The number of aliphatic hydroxyl groups is 1. The van der Waals surface area contributed by atoms with E-state index in [1.807, 2.05) is 85.1 Å². The molecule has 186 valence electrons. The SMILES string of the molecule is COc1ccccc1N1C[C@@H](c2nc3ccccc3n2C[C@@H](O)COc2c(C)cccc2C)CC1=O. The summed E-state index contributed by atoms with van der Waals surface area (Å²) in [6, 6.07) is 21.4. The minimum Gasteiger partial charge on any atom is -0.495 e. The zero-order valence-electron chi connectivity index (χ0n) is 20.8. The van der Waals surface area contributed by atoms with Gasteiger partial charge in [-0.05, 0) is 49.2 Å². The van der Waals surface area contributed by atoms with Crippen molar-refractivity contribution in [3.8, 4) is 11.5 Å². The van der Waals surface area contributed by atoms with E-state index >= 15 is 0 Å². The number of ether oxygens (including phenoxy) is 2. The summed E-state index contributed by atoms with van der Waals surface area (Å²) < 4.78 is 13.5. The number of methoxy groups -OCH3 is 1. The summed E-state index contributed by atoms with van der Waals surface area (Å²) in [5.74, 6) is 2.19. The first kappa shape index (κ1) is 23.9. The van der Waals surface area contributed by atoms with Crippen LogP contribution in [0.1, 0.15) is 29.3 Å². The van der Waals surface area contributed by atoms with E-state index in [2.05, 4.69) is 0 Å². The summed E-state index contributed by atoms with van der Waals surface area (Å²) >= 11 is 0. The van der Waals surface area contributed by atoms with Crippen molar-refractivity contribution in [3.05, 3.63) is 83.7 Å². The second-order valence-electron chi connectivity index (χ2n) is 9.33. The molecule has 3 aromatic carbocycles. The Morgan fingerprint density at radius 1 is 1.03 bits per heavy atom. The summed E-state index contributed by atoms with van der Waals surface area (Å²) in [5.41, 5.74) is 4.62. The number of rotatable bonds is 8. The van der Waals surface area contributed by atoms with E-state index in [0.717, 1.165) is 39.4 Å². The first-order valence-corrected chi connectivity index (χ1v) is 12.2. The molecule has 1 fully saturated rings. The molecule has 0 radical (unpaired) electrons. The molecule has 1 amide bonds. The molecule has 1 N–H and O–H groups in total. The van der Waals surface area contributed by atoms with Crippen LogP contribution in [0.5, 0.6) is 11.5 Å². The molecular formula is C29H31N3O4. The molecule has 0 unspecified atom stereocenters. The Morgan fingerprint density at radius 3 is 2.53 bits per heavy atom. The number of aryl methyl sites for hydroxylation is 2. The molecule has 7 heteroatoms. The van der Waals surface area contributed by atoms with Crippen LogP contribution in [-0.4, -0.2) is 46.9 Å². The van der Waals surface area contributed by atoms with Crippen molar-refractivity contribution in [2.24, 2.45) is 0 Å². The van der Waals surface area contributed by atoms with Gasteiger partial charge in [-0.25, -0.2) is 4.98 Å². The first-order valence-electron chi connectivity index (χ1n) is 12.2. The summed E-state index contributed by atoms with van der Waals surface area (Å²) in [7, 11) is 1.61. The molecule has 2 heterocycles. The van der Waals surface area contributed by atoms with Crippen molar-refractivity contribution in [2.75, 3.05) is 25.2 Å². The number of para-hydroxylation sites is 5. The Hall–Kier alpha value is -3.84. The van der Waals surface area contributed by atoms with Gasteiger partial charge < -0.3 is 24.0 Å². The van der Waals surface area contributed by atoms with E-state index in [1.165, 1.54) is 0 Å². The Labute approximate surface area is 210 Å². The number of imidazole rings is 1. The van der Waals surface area contributed by atoms with Crippen LogP contribution in [0.4, 0.5) is 5.69 Å². The fourth-order valence-electron chi connectivity index (χ4n) is 5.03. The molecule has 0 aliphatic carbocycles. The Bertz CT molecular complexity index is 1380. The maximum absolute atomic E-state index is 13.1. The number of nitrogens with zero attached hydrogens (tertiary/aromatic N) is 3. The van der Waals surface area contributed by atoms with Gasteiger partial charge in [0.15, 0.2) is 0 Å². The predicted molar refractivity (Wildman–Crippen MR) is 140 cm³/mol. The van der Waals surface area contributed by atoms with Crippen molar-refractivity contribution >= 4 is 22.6 Å². The molecule has 4 aromatic rings. The van der Waals surface area contributed by atoms with Gasteiger partial charge in [0.2, 0.25) is 5.91 Å². The van der Waals surface area contributed by atoms with Gasteiger partial charge >= 0.3 is 0 Å². The average Bonchev–Trinajstić information content (AvgIpc) is 3.44. The molecule has 1 aliphatic heterocycles. The Morgan fingerprint density at radius 2 is 1.75 bits per heavy atom. The molecule has 1 aromatic heterocycles. The lowest BCUT2D eigenvalue weighted by molar-refractivity contribution is -0.117. The van der Waals surface area contributed by atoms with E-state index in [4.69, 9.17) is 14.5 Å². The van der Waals surface area contributed by atoms with Crippen molar-refractivity contribution in [2.45, 2.75) is 38.8 Å². The van der Waals surface area contributed by atoms with Crippen LogP contribution < -0.4 is 14.4 Å². The molecule has 1 saturated heterocycles. The molecular weight excluding hydrogens is 454 g/mol. The van der Waals surface area contributed by atoms with Gasteiger partial charge in [0, 0.05) is 18.9 Å². The summed E-state index contributed by atoms with van der Waals surface area (Å²) in [4.78, 5) is 19.7. The lowest BCUT2D eigenvalue weighted by Gasteiger charge is -2.21. The molecule has 0 spiro atoms. The fraction of sp³-hybridized carbons (Fsp3) is 0.310. The summed E-state index contributed by atoms with van der Waals surface area (Å²) in [5, 5.41) is 11.0. The Balaban J connectivity index is 1.40. The zero-order valence-corrected chi connectivity index (χ0v) is 20.8. The largest absolute Gasteiger partial charge is 0.495 e. The molecule has 5 rings (SSSR count). The van der Waals surface area contributed by atoms with Gasteiger partial charge in [-0.1, -0.05) is 42.5 Å².